The highest BCUT2D eigenvalue weighted by molar-refractivity contribution is 6.32. The van der Waals surface area contributed by atoms with Gasteiger partial charge in [-0.2, -0.15) is 5.10 Å². The highest BCUT2D eigenvalue weighted by Gasteiger charge is 2.22. The lowest BCUT2D eigenvalue weighted by molar-refractivity contribution is 0.101. The van der Waals surface area contributed by atoms with Crippen LogP contribution in [0.3, 0.4) is 0 Å². The first-order chi connectivity index (χ1) is 12.3. The minimum atomic E-state index is -0.371. The molecule has 0 aliphatic rings. The summed E-state index contributed by atoms with van der Waals surface area (Å²) in [4.78, 5) is 12.7. The highest BCUT2D eigenvalue weighted by Crippen LogP contribution is 2.24. The van der Waals surface area contributed by atoms with Gasteiger partial charge in [0, 0.05) is 16.3 Å². The molecular weight excluding hydrogens is 375 g/mol. The number of hydrogen-bond acceptors (Lipinski definition) is 4. The van der Waals surface area contributed by atoms with Gasteiger partial charge in [0.05, 0.1) is 23.0 Å². The van der Waals surface area contributed by atoms with Crippen molar-refractivity contribution in [1.82, 2.24) is 14.9 Å². The van der Waals surface area contributed by atoms with E-state index in [-0.39, 0.29) is 11.6 Å². The van der Waals surface area contributed by atoms with Crippen molar-refractivity contribution in [3.8, 4) is 0 Å². The molecule has 0 saturated heterocycles. The average Bonchev–Trinajstić information content (AvgIpc) is 3.07. The van der Waals surface area contributed by atoms with Crippen molar-refractivity contribution in [1.29, 1.82) is 0 Å². The number of halogens is 2. The van der Waals surface area contributed by atoms with Crippen LogP contribution in [0.1, 0.15) is 38.8 Å². The van der Waals surface area contributed by atoms with Gasteiger partial charge in [0.1, 0.15) is 5.76 Å². The van der Waals surface area contributed by atoms with Crippen molar-refractivity contribution < 1.29 is 9.32 Å². The number of amides is 1. The molecule has 0 aliphatic heterocycles. The zero-order valence-electron chi connectivity index (χ0n) is 14.9. The van der Waals surface area contributed by atoms with Gasteiger partial charge in [0.15, 0.2) is 5.69 Å². The first-order valence-electron chi connectivity index (χ1n) is 8.00. The van der Waals surface area contributed by atoms with E-state index in [9.17, 15) is 4.79 Å². The van der Waals surface area contributed by atoms with E-state index in [1.165, 1.54) is 0 Å². The standard InChI is InChI=1S/C18H18Cl2N4O2/c1-9-5-6-13(7-15(9)19)21-18(25)17-14(12(4)26-23-17)8-24-11(3)16(20)10(2)22-24/h5-7H,8H2,1-4H3,(H,21,25). The van der Waals surface area contributed by atoms with Crippen molar-refractivity contribution in [2.45, 2.75) is 34.2 Å². The Kier molecular flexibility index (Phi) is 5.07. The van der Waals surface area contributed by atoms with Crippen molar-refractivity contribution in [3.05, 3.63) is 62.2 Å². The minimum absolute atomic E-state index is 0.211. The van der Waals surface area contributed by atoms with Crippen LogP contribution in [-0.2, 0) is 6.54 Å². The summed E-state index contributed by atoms with van der Waals surface area (Å²) in [5, 5.41) is 12.3. The lowest BCUT2D eigenvalue weighted by Gasteiger charge is -2.08. The normalized spacial score (nSPS) is 11.0. The Balaban J connectivity index is 1.88. The molecule has 0 unspecified atom stereocenters. The van der Waals surface area contributed by atoms with Gasteiger partial charge in [-0.15, -0.1) is 0 Å². The first-order valence-corrected chi connectivity index (χ1v) is 8.75. The van der Waals surface area contributed by atoms with Crippen molar-refractivity contribution in [2.24, 2.45) is 0 Å². The van der Waals surface area contributed by atoms with E-state index in [1.807, 2.05) is 26.8 Å². The monoisotopic (exact) mass is 392 g/mol. The molecule has 0 spiro atoms. The van der Waals surface area contributed by atoms with Gasteiger partial charge in [-0.25, -0.2) is 0 Å². The first kappa shape index (κ1) is 18.5. The summed E-state index contributed by atoms with van der Waals surface area (Å²) in [7, 11) is 0. The molecule has 3 rings (SSSR count). The van der Waals surface area contributed by atoms with Crippen molar-refractivity contribution in [2.75, 3.05) is 5.32 Å². The van der Waals surface area contributed by atoms with Crippen molar-refractivity contribution >= 4 is 34.8 Å². The maximum absolute atomic E-state index is 12.7. The van der Waals surface area contributed by atoms with Crippen LogP contribution in [0.15, 0.2) is 22.7 Å². The molecule has 0 aliphatic carbocycles. The molecule has 0 saturated carbocycles. The van der Waals surface area contributed by atoms with Crippen LogP contribution in [0.5, 0.6) is 0 Å². The van der Waals surface area contributed by atoms with E-state index < -0.39 is 0 Å². The molecule has 2 heterocycles. The summed E-state index contributed by atoms with van der Waals surface area (Å²) in [6, 6.07) is 5.32. The molecular formula is C18H18Cl2N4O2. The zero-order valence-corrected chi connectivity index (χ0v) is 16.4. The minimum Gasteiger partial charge on any atom is -0.361 e. The molecule has 0 bridgehead atoms. The number of rotatable bonds is 4. The number of nitrogens with zero attached hydrogens (tertiary/aromatic N) is 3. The van der Waals surface area contributed by atoms with Gasteiger partial charge >= 0.3 is 0 Å². The summed E-state index contributed by atoms with van der Waals surface area (Å²) in [5.41, 5.74) is 3.95. The molecule has 26 heavy (non-hydrogen) atoms. The number of hydrogen-bond donors (Lipinski definition) is 1. The molecule has 1 amide bonds. The molecule has 8 heteroatoms. The van der Waals surface area contributed by atoms with Gasteiger partial charge in [-0.1, -0.05) is 34.4 Å². The Hall–Kier alpha value is -2.31. The summed E-state index contributed by atoms with van der Waals surface area (Å²) in [6.07, 6.45) is 0. The zero-order chi connectivity index (χ0) is 19.0. The van der Waals surface area contributed by atoms with Crippen LogP contribution < -0.4 is 5.32 Å². The SMILES string of the molecule is Cc1ccc(NC(=O)c2noc(C)c2Cn2nc(C)c(Cl)c2C)cc1Cl. The van der Waals surface area contributed by atoms with Gasteiger partial charge in [0.2, 0.25) is 0 Å². The Morgan fingerprint density at radius 2 is 1.96 bits per heavy atom. The van der Waals surface area contributed by atoms with Crippen LogP contribution in [0.4, 0.5) is 5.69 Å². The van der Waals surface area contributed by atoms with E-state index in [0.717, 1.165) is 17.0 Å². The fourth-order valence-electron chi connectivity index (χ4n) is 2.60. The average molecular weight is 393 g/mol. The van der Waals surface area contributed by atoms with E-state index in [1.54, 1.807) is 23.7 Å². The molecule has 0 radical (unpaired) electrons. The number of anilines is 1. The topological polar surface area (TPSA) is 73.0 Å². The number of aryl methyl sites for hydroxylation is 3. The summed E-state index contributed by atoms with van der Waals surface area (Å²) in [5.74, 6) is 0.185. The maximum atomic E-state index is 12.7. The van der Waals surface area contributed by atoms with Gasteiger partial charge in [-0.3, -0.25) is 9.48 Å². The second-order valence-electron chi connectivity index (χ2n) is 6.13. The van der Waals surface area contributed by atoms with Crippen LogP contribution in [-0.4, -0.2) is 20.8 Å². The summed E-state index contributed by atoms with van der Waals surface area (Å²) >= 11 is 12.3. The molecule has 6 nitrogen and oxygen atoms in total. The van der Waals surface area contributed by atoms with Crippen LogP contribution >= 0.6 is 23.2 Å². The molecule has 2 aromatic heterocycles. The molecule has 1 aromatic carbocycles. The Labute approximate surface area is 161 Å². The predicted octanol–water partition coefficient (Wildman–Crippen LogP) is 4.71. The van der Waals surface area contributed by atoms with Crippen LogP contribution in [0, 0.1) is 27.7 Å². The van der Waals surface area contributed by atoms with Crippen LogP contribution in [0.2, 0.25) is 10.0 Å². The summed E-state index contributed by atoms with van der Waals surface area (Å²) < 4.78 is 6.97. The number of carbonyl (C=O) groups excluding carboxylic acids is 1. The number of aromatic nitrogens is 3. The Morgan fingerprint density at radius 1 is 1.23 bits per heavy atom. The van der Waals surface area contributed by atoms with Gasteiger partial charge < -0.3 is 9.84 Å². The summed E-state index contributed by atoms with van der Waals surface area (Å²) in [6.45, 7) is 7.70. The lowest BCUT2D eigenvalue weighted by atomic mass is 10.1. The fourth-order valence-corrected chi connectivity index (χ4v) is 2.91. The largest absolute Gasteiger partial charge is 0.361 e. The van der Waals surface area contributed by atoms with Gasteiger partial charge in [0.25, 0.3) is 5.91 Å². The molecule has 136 valence electrons. The van der Waals surface area contributed by atoms with Crippen LogP contribution in [0.25, 0.3) is 0 Å². The number of carbonyl (C=O) groups is 1. The van der Waals surface area contributed by atoms with E-state index in [0.29, 0.717) is 33.6 Å². The van der Waals surface area contributed by atoms with E-state index >= 15 is 0 Å². The number of nitrogens with one attached hydrogen (secondary N) is 1. The molecule has 0 fully saturated rings. The molecule has 0 atom stereocenters. The highest BCUT2D eigenvalue weighted by atomic mass is 35.5. The second-order valence-corrected chi connectivity index (χ2v) is 6.91. The number of benzene rings is 1. The third-order valence-corrected chi connectivity index (χ3v) is 5.18. The smallest absolute Gasteiger partial charge is 0.278 e. The Bertz CT molecular complexity index is 991. The molecule has 1 N–H and O–H groups in total. The third kappa shape index (κ3) is 3.48. The van der Waals surface area contributed by atoms with E-state index in [4.69, 9.17) is 27.7 Å². The Morgan fingerprint density at radius 3 is 2.58 bits per heavy atom. The lowest BCUT2D eigenvalue weighted by Crippen LogP contribution is -2.16. The quantitative estimate of drug-likeness (QED) is 0.697. The fraction of sp³-hybridized carbons (Fsp3) is 0.278. The van der Waals surface area contributed by atoms with Crippen molar-refractivity contribution in [3.63, 3.8) is 0 Å². The van der Waals surface area contributed by atoms with Gasteiger partial charge in [-0.05, 0) is 45.4 Å². The molecule has 3 aromatic rings. The van der Waals surface area contributed by atoms with E-state index in [2.05, 4.69) is 15.6 Å². The predicted molar refractivity (Wildman–Crippen MR) is 101 cm³/mol. The maximum Gasteiger partial charge on any atom is 0.278 e. The third-order valence-electron chi connectivity index (χ3n) is 4.23. The second kappa shape index (κ2) is 7.13.